The molecule has 0 radical (unpaired) electrons. The summed E-state index contributed by atoms with van der Waals surface area (Å²) < 4.78 is 5.89. The van der Waals surface area contributed by atoms with E-state index in [9.17, 15) is 4.79 Å². The lowest BCUT2D eigenvalue weighted by Gasteiger charge is -2.35. The largest absolute Gasteiger partial charge is 0.423 e. The Balaban J connectivity index is 1.46. The maximum Gasteiger partial charge on any atom is 0.343 e. The van der Waals surface area contributed by atoms with Crippen LogP contribution < -0.4 is 4.74 Å². The van der Waals surface area contributed by atoms with Crippen LogP contribution in [0, 0.1) is 13.8 Å². The number of nitrogens with zero attached hydrogens (tertiary/aromatic N) is 1. The number of hydrogen-bond donors (Lipinski definition) is 0. The number of likely N-dealkylation sites (N-methyl/N-ethyl adjacent to an activating group) is 1. The van der Waals surface area contributed by atoms with E-state index in [0.717, 1.165) is 55.6 Å². The van der Waals surface area contributed by atoms with E-state index in [1.54, 1.807) is 0 Å². The van der Waals surface area contributed by atoms with Crippen LogP contribution in [-0.2, 0) is 19.3 Å². The second-order valence-electron chi connectivity index (χ2n) is 8.46. The van der Waals surface area contributed by atoms with Crippen molar-refractivity contribution in [3.63, 3.8) is 0 Å². The van der Waals surface area contributed by atoms with Gasteiger partial charge in [0, 0.05) is 17.5 Å². The van der Waals surface area contributed by atoms with Gasteiger partial charge in [0.05, 0.1) is 5.56 Å². The molecule has 3 nitrogen and oxygen atoms in total. The summed E-state index contributed by atoms with van der Waals surface area (Å²) in [7, 11) is 0. The molecule has 1 unspecified atom stereocenters. The number of ether oxygens (including phenoxy) is 1. The summed E-state index contributed by atoms with van der Waals surface area (Å²) in [5, 5.41) is 2.16. The molecule has 0 bridgehead atoms. The van der Waals surface area contributed by atoms with Crippen LogP contribution in [0.1, 0.15) is 50.8 Å². The highest BCUT2D eigenvalue weighted by Gasteiger charge is 2.26. The quantitative estimate of drug-likeness (QED) is 0.338. The number of carbonyl (C=O) groups is 1. The van der Waals surface area contributed by atoms with Crippen molar-refractivity contribution in [1.29, 1.82) is 0 Å². The third-order valence-corrected chi connectivity index (χ3v) is 7.30. The average molecular weight is 434 g/mol. The van der Waals surface area contributed by atoms with Crippen LogP contribution in [0.15, 0.2) is 53.9 Å². The maximum absolute atomic E-state index is 12.8. The van der Waals surface area contributed by atoms with Gasteiger partial charge in [-0.1, -0.05) is 42.8 Å². The fourth-order valence-corrected chi connectivity index (χ4v) is 5.36. The highest BCUT2D eigenvalue weighted by atomic mass is 32.1. The Labute approximate surface area is 189 Å². The van der Waals surface area contributed by atoms with E-state index in [1.165, 1.54) is 16.0 Å². The Hall–Kier alpha value is -2.43. The molecule has 1 heterocycles. The maximum atomic E-state index is 12.8. The monoisotopic (exact) mass is 433 g/mol. The predicted molar refractivity (Wildman–Crippen MR) is 128 cm³/mol. The molecule has 3 aromatic rings. The molecular formula is C27H31NO2S. The van der Waals surface area contributed by atoms with Crippen molar-refractivity contribution in [1.82, 2.24) is 4.90 Å². The third-order valence-electron chi connectivity index (χ3n) is 6.37. The number of fused-ring (bicyclic) bond motifs is 1. The molecular weight excluding hydrogens is 402 g/mol. The topological polar surface area (TPSA) is 29.5 Å². The van der Waals surface area contributed by atoms with Gasteiger partial charge in [-0.15, -0.1) is 11.3 Å². The Morgan fingerprint density at radius 3 is 2.77 bits per heavy atom. The number of aryl methyl sites for hydroxylation is 2. The van der Waals surface area contributed by atoms with Crippen LogP contribution in [0.5, 0.6) is 5.75 Å². The van der Waals surface area contributed by atoms with Gasteiger partial charge >= 0.3 is 5.97 Å². The zero-order valence-corrected chi connectivity index (χ0v) is 19.5. The van der Waals surface area contributed by atoms with E-state index in [2.05, 4.69) is 35.4 Å². The molecule has 0 fully saturated rings. The molecule has 0 N–H and O–H groups in total. The highest BCUT2D eigenvalue weighted by molar-refractivity contribution is 7.09. The smallest absolute Gasteiger partial charge is 0.343 e. The van der Waals surface area contributed by atoms with Crippen molar-refractivity contribution in [2.24, 2.45) is 0 Å². The Bertz CT molecular complexity index is 1040. The van der Waals surface area contributed by atoms with Gasteiger partial charge < -0.3 is 4.74 Å². The standard InChI is InChI=1S/C27H31NO2S/c1-4-28(15-14-23-8-6-16-31-23)22-11-13-25-21(18-22)7-5-9-26(25)30-27(29)24-12-10-19(2)17-20(24)3/h5-10,12,16-17,22H,4,11,13-15,18H2,1-3H3. The zero-order valence-electron chi connectivity index (χ0n) is 18.7. The van der Waals surface area contributed by atoms with E-state index in [-0.39, 0.29) is 5.97 Å². The molecule has 162 valence electrons. The zero-order chi connectivity index (χ0) is 21.8. The lowest BCUT2D eigenvalue weighted by molar-refractivity contribution is 0.0731. The predicted octanol–water partition coefficient (Wildman–Crippen LogP) is 6.01. The first-order valence-corrected chi connectivity index (χ1v) is 12.1. The summed E-state index contributed by atoms with van der Waals surface area (Å²) in [4.78, 5) is 16.9. The molecule has 0 aliphatic heterocycles. The summed E-state index contributed by atoms with van der Waals surface area (Å²) in [6.07, 6.45) is 4.18. The number of rotatable bonds is 7. The number of thiophene rings is 1. The summed E-state index contributed by atoms with van der Waals surface area (Å²) in [6, 6.07) is 16.9. The second kappa shape index (κ2) is 9.80. The Morgan fingerprint density at radius 2 is 2.03 bits per heavy atom. The molecule has 1 atom stereocenters. The van der Waals surface area contributed by atoms with Gasteiger partial charge in [0.25, 0.3) is 0 Å². The first kappa shape index (κ1) is 21.8. The molecule has 1 aliphatic carbocycles. The molecule has 4 rings (SSSR count). The van der Waals surface area contributed by atoms with E-state index in [0.29, 0.717) is 11.6 Å². The third kappa shape index (κ3) is 5.08. The van der Waals surface area contributed by atoms with Crippen molar-refractivity contribution in [2.75, 3.05) is 13.1 Å². The fraction of sp³-hybridized carbons (Fsp3) is 0.370. The van der Waals surface area contributed by atoms with E-state index < -0.39 is 0 Å². The first-order valence-electron chi connectivity index (χ1n) is 11.2. The number of carbonyl (C=O) groups excluding carboxylic acids is 1. The summed E-state index contributed by atoms with van der Waals surface area (Å²) >= 11 is 1.84. The minimum absolute atomic E-state index is 0.265. The number of benzene rings is 2. The first-order chi connectivity index (χ1) is 15.0. The molecule has 1 aromatic heterocycles. The summed E-state index contributed by atoms with van der Waals surface area (Å²) in [5.74, 6) is 0.460. The number of hydrogen-bond acceptors (Lipinski definition) is 4. The highest BCUT2D eigenvalue weighted by Crippen LogP contribution is 2.32. The SMILES string of the molecule is CCN(CCc1cccs1)C1CCc2c(cccc2OC(=O)c2ccc(C)cc2C)C1. The van der Waals surface area contributed by atoms with Crippen molar-refractivity contribution in [3.8, 4) is 5.75 Å². The fourth-order valence-electron chi connectivity index (χ4n) is 4.67. The lowest BCUT2D eigenvalue weighted by Crippen LogP contribution is -2.40. The molecule has 0 spiro atoms. The molecule has 2 aromatic carbocycles. The van der Waals surface area contributed by atoms with Crippen LogP contribution >= 0.6 is 11.3 Å². The minimum Gasteiger partial charge on any atom is -0.423 e. The molecule has 31 heavy (non-hydrogen) atoms. The minimum atomic E-state index is -0.265. The van der Waals surface area contributed by atoms with E-state index in [1.807, 2.05) is 55.5 Å². The van der Waals surface area contributed by atoms with Gasteiger partial charge in [0.15, 0.2) is 0 Å². The average Bonchev–Trinajstić information content (AvgIpc) is 3.28. The van der Waals surface area contributed by atoms with Crippen molar-refractivity contribution >= 4 is 17.3 Å². The van der Waals surface area contributed by atoms with Crippen LogP contribution in [0.2, 0.25) is 0 Å². The lowest BCUT2D eigenvalue weighted by atomic mass is 9.86. The molecule has 0 amide bonds. The molecule has 0 saturated carbocycles. The van der Waals surface area contributed by atoms with Crippen LogP contribution in [-0.4, -0.2) is 30.0 Å². The van der Waals surface area contributed by atoms with Gasteiger partial charge in [-0.3, -0.25) is 4.90 Å². The van der Waals surface area contributed by atoms with Crippen LogP contribution in [0.25, 0.3) is 0 Å². The second-order valence-corrected chi connectivity index (χ2v) is 9.49. The van der Waals surface area contributed by atoms with Crippen LogP contribution in [0.4, 0.5) is 0 Å². The van der Waals surface area contributed by atoms with Crippen LogP contribution in [0.3, 0.4) is 0 Å². The Morgan fingerprint density at radius 1 is 1.16 bits per heavy atom. The summed E-state index contributed by atoms with van der Waals surface area (Å²) in [6.45, 7) is 8.41. The van der Waals surface area contributed by atoms with Gasteiger partial charge in [-0.05, 0) is 86.3 Å². The van der Waals surface area contributed by atoms with Gasteiger partial charge in [0.2, 0.25) is 0 Å². The van der Waals surface area contributed by atoms with E-state index in [4.69, 9.17) is 4.74 Å². The molecule has 0 saturated heterocycles. The summed E-state index contributed by atoms with van der Waals surface area (Å²) in [5.41, 5.74) is 5.27. The Kier molecular flexibility index (Phi) is 6.89. The number of esters is 1. The van der Waals surface area contributed by atoms with E-state index >= 15 is 0 Å². The molecule has 4 heteroatoms. The van der Waals surface area contributed by atoms with Gasteiger partial charge in [-0.2, -0.15) is 0 Å². The van der Waals surface area contributed by atoms with Crippen molar-refractivity contribution in [2.45, 2.75) is 52.5 Å². The van der Waals surface area contributed by atoms with Crippen molar-refractivity contribution < 1.29 is 9.53 Å². The van der Waals surface area contributed by atoms with Gasteiger partial charge in [0.1, 0.15) is 5.75 Å². The van der Waals surface area contributed by atoms with Crippen molar-refractivity contribution in [3.05, 3.63) is 86.6 Å². The molecule has 1 aliphatic rings. The normalized spacial score (nSPS) is 15.7. The van der Waals surface area contributed by atoms with Gasteiger partial charge in [-0.25, -0.2) is 4.79 Å².